The minimum absolute atomic E-state index is 0.0499. The molecule has 1 aromatic carbocycles. The van der Waals surface area contributed by atoms with E-state index >= 15 is 0 Å². The molecular weight excluding hydrogens is 274 g/mol. The Bertz CT molecular complexity index is 624. The summed E-state index contributed by atoms with van der Waals surface area (Å²) in [6, 6.07) is 8.22. The van der Waals surface area contributed by atoms with Crippen LogP contribution in [0.3, 0.4) is 0 Å². The summed E-state index contributed by atoms with van der Waals surface area (Å²) in [4.78, 5) is 26.4. The second-order valence-electron chi connectivity index (χ2n) is 4.46. The van der Waals surface area contributed by atoms with Crippen LogP contribution >= 0.6 is 0 Å². The number of benzene rings is 1. The van der Waals surface area contributed by atoms with Crippen molar-refractivity contribution in [2.75, 3.05) is 0 Å². The number of carboxylic acids is 1. The second-order valence-corrected chi connectivity index (χ2v) is 4.46. The Kier molecular flexibility index (Phi) is 4.68. The first-order valence-electron chi connectivity index (χ1n) is 6.28. The van der Waals surface area contributed by atoms with Crippen molar-refractivity contribution in [3.8, 4) is 0 Å². The van der Waals surface area contributed by atoms with E-state index in [0.717, 1.165) is 10.1 Å². The van der Waals surface area contributed by atoms with Crippen LogP contribution in [0.1, 0.15) is 11.3 Å². The molecule has 21 heavy (non-hydrogen) atoms. The standard InChI is InChI=1S/C14H15N3O4/c15-12(13(18)19)6-11-7-17(9-16-11)14(20)21-8-10-4-2-1-3-5-10/h1-5,7,9,12H,6,8,15H2,(H,18,19). The fourth-order valence-electron chi connectivity index (χ4n) is 1.68. The molecule has 0 aliphatic rings. The third kappa shape index (κ3) is 4.15. The highest BCUT2D eigenvalue weighted by molar-refractivity contribution is 5.73. The third-order valence-corrected chi connectivity index (χ3v) is 2.80. The van der Waals surface area contributed by atoms with Gasteiger partial charge in [0.2, 0.25) is 0 Å². The largest absolute Gasteiger partial charge is 0.480 e. The molecule has 0 spiro atoms. The lowest BCUT2D eigenvalue weighted by atomic mass is 10.2. The summed E-state index contributed by atoms with van der Waals surface area (Å²) < 4.78 is 6.28. The third-order valence-electron chi connectivity index (χ3n) is 2.80. The molecular formula is C14H15N3O4. The monoisotopic (exact) mass is 289 g/mol. The highest BCUT2D eigenvalue weighted by atomic mass is 16.5. The van der Waals surface area contributed by atoms with Crippen LogP contribution in [0, 0.1) is 0 Å². The number of hydrogen-bond acceptors (Lipinski definition) is 5. The van der Waals surface area contributed by atoms with Crippen LogP contribution in [0.25, 0.3) is 0 Å². The predicted molar refractivity (Wildman–Crippen MR) is 73.6 cm³/mol. The molecule has 2 aromatic rings. The Hall–Kier alpha value is -2.67. The first-order valence-corrected chi connectivity index (χ1v) is 6.28. The highest BCUT2D eigenvalue weighted by Gasteiger charge is 2.15. The lowest BCUT2D eigenvalue weighted by molar-refractivity contribution is -0.138. The van der Waals surface area contributed by atoms with Crippen molar-refractivity contribution in [2.24, 2.45) is 5.73 Å². The molecule has 0 amide bonds. The van der Waals surface area contributed by atoms with Crippen molar-refractivity contribution < 1.29 is 19.4 Å². The SMILES string of the molecule is NC(Cc1cn(C(=O)OCc2ccccc2)cn1)C(=O)O. The minimum atomic E-state index is -1.11. The smallest absolute Gasteiger partial charge is 0.419 e. The zero-order chi connectivity index (χ0) is 15.2. The van der Waals surface area contributed by atoms with Gasteiger partial charge < -0.3 is 15.6 Å². The molecule has 0 bridgehead atoms. The fraction of sp³-hybridized carbons (Fsp3) is 0.214. The van der Waals surface area contributed by atoms with Gasteiger partial charge in [0.15, 0.2) is 0 Å². The summed E-state index contributed by atoms with van der Waals surface area (Å²) in [5.74, 6) is -1.11. The topological polar surface area (TPSA) is 107 Å². The van der Waals surface area contributed by atoms with Gasteiger partial charge in [-0.25, -0.2) is 14.3 Å². The van der Waals surface area contributed by atoms with Crippen LogP contribution in [0.5, 0.6) is 0 Å². The predicted octanol–water partition coefficient (Wildman–Crippen LogP) is 1.02. The number of aromatic nitrogens is 2. The number of aliphatic carboxylic acids is 1. The number of nitrogens with two attached hydrogens (primary N) is 1. The van der Waals surface area contributed by atoms with Gasteiger partial charge in [-0.05, 0) is 5.56 Å². The Morgan fingerprint density at radius 2 is 2.05 bits per heavy atom. The summed E-state index contributed by atoms with van der Waals surface area (Å²) in [6.07, 6.45) is 2.16. The molecule has 1 atom stereocenters. The Balaban J connectivity index is 1.91. The summed E-state index contributed by atoms with van der Waals surface area (Å²) in [6.45, 7) is 0.155. The summed E-state index contributed by atoms with van der Waals surface area (Å²) in [5.41, 5.74) is 6.70. The van der Waals surface area contributed by atoms with Crippen molar-refractivity contribution in [3.05, 3.63) is 54.1 Å². The van der Waals surface area contributed by atoms with Crippen molar-refractivity contribution in [1.82, 2.24) is 9.55 Å². The second kappa shape index (κ2) is 6.67. The van der Waals surface area contributed by atoms with Crippen molar-refractivity contribution in [3.63, 3.8) is 0 Å². The number of carboxylic acid groups (broad SMARTS) is 1. The minimum Gasteiger partial charge on any atom is -0.480 e. The fourth-order valence-corrected chi connectivity index (χ4v) is 1.68. The van der Waals surface area contributed by atoms with Gasteiger partial charge in [0.25, 0.3) is 0 Å². The summed E-state index contributed by atoms with van der Waals surface area (Å²) in [7, 11) is 0. The van der Waals surface area contributed by atoms with Gasteiger partial charge >= 0.3 is 12.1 Å². The van der Waals surface area contributed by atoms with Gasteiger partial charge in [0.1, 0.15) is 19.0 Å². The molecule has 1 aromatic heterocycles. The molecule has 0 aliphatic heterocycles. The number of carbonyl (C=O) groups excluding carboxylic acids is 1. The Labute approximate surface area is 121 Å². The first kappa shape index (κ1) is 14.7. The van der Waals surface area contributed by atoms with E-state index in [2.05, 4.69) is 4.98 Å². The molecule has 3 N–H and O–H groups in total. The molecule has 110 valence electrons. The van der Waals surface area contributed by atoms with E-state index in [0.29, 0.717) is 5.69 Å². The summed E-state index contributed by atoms with van der Waals surface area (Å²) >= 11 is 0. The molecule has 0 aliphatic carbocycles. The van der Waals surface area contributed by atoms with E-state index in [9.17, 15) is 9.59 Å². The van der Waals surface area contributed by atoms with Crippen LogP contribution in [0.2, 0.25) is 0 Å². The molecule has 7 nitrogen and oxygen atoms in total. The van der Waals surface area contributed by atoms with E-state index in [4.69, 9.17) is 15.6 Å². The molecule has 1 unspecified atom stereocenters. The number of hydrogen-bond donors (Lipinski definition) is 2. The normalized spacial score (nSPS) is 11.9. The van der Waals surface area contributed by atoms with Gasteiger partial charge in [-0.2, -0.15) is 0 Å². The van der Waals surface area contributed by atoms with E-state index in [1.807, 2.05) is 30.3 Å². The lowest BCUT2D eigenvalue weighted by Crippen LogP contribution is -2.32. The Morgan fingerprint density at radius 1 is 1.33 bits per heavy atom. The molecule has 7 heteroatoms. The molecule has 0 saturated carbocycles. The van der Waals surface area contributed by atoms with Crippen molar-refractivity contribution >= 4 is 12.1 Å². The maximum atomic E-state index is 11.8. The quantitative estimate of drug-likeness (QED) is 0.851. The van der Waals surface area contributed by atoms with Crippen LogP contribution in [0.15, 0.2) is 42.9 Å². The van der Waals surface area contributed by atoms with E-state index < -0.39 is 18.1 Å². The van der Waals surface area contributed by atoms with E-state index in [1.54, 1.807) is 0 Å². The number of imidazole rings is 1. The molecule has 0 radical (unpaired) electrons. The molecule has 0 saturated heterocycles. The van der Waals surface area contributed by atoms with Gasteiger partial charge in [-0.15, -0.1) is 0 Å². The average molecular weight is 289 g/mol. The number of ether oxygens (including phenoxy) is 1. The van der Waals surface area contributed by atoms with Gasteiger partial charge in [0.05, 0.1) is 5.69 Å². The Morgan fingerprint density at radius 3 is 2.71 bits per heavy atom. The van der Waals surface area contributed by atoms with E-state index in [1.165, 1.54) is 12.5 Å². The van der Waals surface area contributed by atoms with Gasteiger partial charge in [-0.1, -0.05) is 30.3 Å². The van der Waals surface area contributed by atoms with Crippen LogP contribution in [-0.4, -0.2) is 32.8 Å². The molecule has 1 heterocycles. The van der Waals surface area contributed by atoms with Crippen molar-refractivity contribution in [1.29, 1.82) is 0 Å². The molecule has 0 fully saturated rings. The highest BCUT2D eigenvalue weighted by Crippen LogP contribution is 2.04. The maximum absolute atomic E-state index is 11.8. The zero-order valence-electron chi connectivity index (χ0n) is 11.2. The van der Waals surface area contributed by atoms with Gasteiger partial charge in [0, 0.05) is 12.6 Å². The lowest BCUT2D eigenvalue weighted by Gasteiger charge is -2.04. The number of rotatable bonds is 5. The molecule has 2 rings (SSSR count). The average Bonchev–Trinajstić information content (AvgIpc) is 2.94. The first-order chi connectivity index (χ1) is 10.1. The van der Waals surface area contributed by atoms with Crippen LogP contribution in [0.4, 0.5) is 4.79 Å². The maximum Gasteiger partial charge on any atom is 0.419 e. The van der Waals surface area contributed by atoms with Crippen LogP contribution in [-0.2, 0) is 22.6 Å². The number of carbonyl (C=O) groups is 2. The van der Waals surface area contributed by atoms with Crippen molar-refractivity contribution in [2.45, 2.75) is 19.1 Å². The summed E-state index contributed by atoms with van der Waals surface area (Å²) in [5, 5.41) is 8.72. The number of nitrogens with zero attached hydrogens (tertiary/aromatic N) is 2. The van der Waals surface area contributed by atoms with Gasteiger partial charge in [-0.3, -0.25) is 4.79 Å². The zero-order valence-corrected chi connectivity index (χ0v) is 11.2. The van der Waals surface area contributed by atoms with E-state index in [-0.39, 0.29) is 13.0 Å². The van der Waals surface area contributed by atoms with Crippen LogP contribution < -0.4 is 5.73 Å².